The molecule has 0 bridgehead atoms. The molecule has 33 heavy (non-hydrogen) atoms. The maximum atomic E-state index is 13.9. The summed E-state index contributed by atoms with van der Waals surface area (Å²) in [5.41, 5.74) is 7.93. The van der Waals surface area contributed by atoms with Gasteiger partial charge in [-0.2, -0.15) is 0 Å². The Morgan fingerprint density at radius 1 is 1.15 bits per heavy atom. The van der Waals surface area contributed by atoms with Crippen molar-refractivity contribution in [2.24, 2.45) is 10.7 Å². The van der Waals surface area contributed by atoms with Gasteiger partial charge in [0.1, 0.15) is 17.8 Å². The third-order valence-corrected chi connectivity index (χ3v) is 4.38. The molecule has 9 heteroatoms. The Bertz CT molecular complexity index is 1300. The minimum atomic E-state index is -0.383. The van der Waals surface area contributed by atoms with Gasteiger partial charge in [-0.05, 0) is 24.3 Å². The van der Waals surface area contributed by atoms with E-state index in [1.54, 1.807) is 48.7 Å². The Balaban J connectivity index is 0.00000149. The zero-order chi connectivity index (χ0) is 23.6. The van der Waals surface area contributed by atoms with Crippen LogP contribution in [0.5, 0.6) is 0 Å². The highest BCUT2D eigenvalue weighted by Gasteiger charge is 2.11. The topological polar surface area (TPSA) is 123 Å². The lowest BCUT2D eigenvalue weighted by atomic mass is 10.2. The minimum absolute atomic E-state index is 0.0706. The van der Waals surface area contributed by atoms with Gasteiger partial charge < -0.3 is 15.2 Å². The van der Waals surface area contributed by atoms with Gasteiger partial charge in [-0.3, -0.25) is 14.8 Å². The van der Waals surface area contributed by atoms with Crippen LogP contribution in [0, 0.1) is 5.82 Å². The average molecular weight is 446 g/mol. The smallest absolute Gasteiger partial charge is 0.260 e. The van der Waals surface area contributed by atoms with Crippen LogP contribution in [0.25, 0.3) is 17.0 Å². The van der Waals surface area contributed by atoms with Crippen LogP contribution in [0.4, 0.5) is 4.39 Å². The quantitative estimate of drug-likeness (QED) is 0.432. The summed E-state index contributed by atoms with van der Waals surface area (Å²) in [6.45, 7) is 4.07. The second-order valence-electron chi connectivity index (χ2n) is 6.47. The lowest BCUT2D eigenvalue weighted by molar-refractivity contribution is 0.418. The number of nitrogens with zero attached hydrogens (tertiary/aromatic N) is 4. The number of aliphatic imine (C=N–C) groups is 1. The molecule has 168 valence electrons. The summed E-state index contributed by atoms with van der Waals surface area (Å²) >= 11 is 0. The van der Waals surface area contributed by atoms with E-state index in [1.807, 2.05) is 13.8 Å². The SMILES string of the molecule is CC.N/C(=C\C(=NCc1ccccc1F)c1ccon1)c1ncc(-c2ccccn2)c(=O)[nH]1. The van der Waals surface area contributed by atoms with Crippen molar-refractivity contribution in [3.8, 4) is 11.3 Å². The third kappa shape index (κ3) is 5.85. The lowest BCUT2D eigenvalue weighted by Crippen LogP contribution is -2.16. The first-order chi connectivity index (χ1) is 16.1. The summed E-state index contributed by atoms with van der Waals surface area (Å²) < 4.78 is 18.8. The van der Waals surface area contributed by atoms with Gasteiger partial charge in [-0.15, -0.1) is 0 Å². The summed E-state index contributed by atoms with van der Waals surface area (Å²) in [6, 6.07) is 13.2. The second-order valence-corrected chi connectivity index (χ2v) is 6.47. The van der Waals surface area contributed by atoms with Gasteiger partial charge in [0.15, 0.2) is 5.82 Å². The van der Waals surface area contributed by atoms with Crippen LogP contribution >= 0.6 is 0 Å². The standard InChI is InChI=1S/C22H17FN6O2.C2H6/c23-16-6-2-1-5-14(16)12-26-20(19-8-10-31-29-19)11-17(24)21-27-13-15(22(30)28-21)18-7-3-4-9-25-18;1-2/h1-11,13H,12,24H2,(H,27,28,30);1-2H3/b17-11-,26-20?;. The Kier molecular flexibility index (Phi) is 7.96. The molecule has 0 aliphatic heterocycles. The van der Waals surface area contributed by atoms with Crippen molar-refractivity contribution < 1.29 is 8.91 Å². The summed E-state index contributed by atoms with van der Waals surface area (Å²) in [7, 11) is 0. The number of aromatic amines is 1. The van der Waals surface area contributed by atoms with E-state index in [1.165, 1.54) is 24.6 Å². The largest absolute Gasteiger partial charge is 0.396 e. The highest BCUT2D eigenvalue weighted by atomic mass is 19.1. The second kappa shape index (κ2) is 11.3. The first kappa shape index (κ1) is 23.3. The highest BCUT2D eigenvalue weighted by molar-refractivity contribution is 6.10. The molecule has 0 saturated carbocycles. The summed E-state index contributed by atoms with van der Waals surface area (Å²) in [4.78, 5) is 27.9. The minimum Gasteiger partial charge on any atom is -0.396 e. The van der Waals surface area contributed by atoms with Gasteiger partial charge in [-0.1, -0.05) is 43.3 Å². The number of halogens is 1. The van der Waals surface area contributed by atoms with Crippen molar-refractivity contribution >= 4 is 11.4 Å². The molecular weight excluding hydrogens is 423 g/mol. The molecule has 3 N–H and O–H groups in total. The van der Waals surface area contributed by atoms with Crippen molar-refractivity contribution in [2.45, 2.75) is 20.4 Å². The van der Waals surface area contributed by atoms with Crippen molar-refractivity contribution in [3.05, 3.63) is 107 Å². The molecule has 0 amide bonds. The summed E-state index contributed by atoms with van der Waals surface area (Å²) in [6.07, 6.45) is 5.88. The van der Waals surface area contributed by atoms with E-state index >= 15 is 0 Å². The molecule has 0 fully saturated rings. The number of aromatic nitrogens is 4. The fraction of sp³-hybridized carbons (Fsp3) is 0.125. The van der Waals surface area contributed by atoms with E-state index < -0.39 is 0 Å². The number of pyridine rings is 1. The molecule has 8 nitrogen and oxygen atoms in total. The molecule has 3 aromatic heterocycles. The number of nitrogens with two attached hydrogens (primary N) is 1. The summed E-state index contributed by atoms with van der Waals surface area (Å²) in [5, 5.41) is 3.87. The Hall–Kier alpha value is -4.40. The maximum absolute atomic E-state index is 13.9. The van der Waals surface area contributed by atoms with Gasteiger partial charge in [0, 0.05) is 24.0 Å². The highest BCUT2D eigenvalue weighted by Crippen LogP contribution is 2.13. The number of nitrogens with one attached hydrogen (secondary N) is 1. The van der Waals surface area contributed by atoms with E-state index in [4.69, 9.17) is 10.3 Å². The van der Waals surface area contributed by atoms with Gasteiger partial charge in [0.25, 0.3) is 5.56 Å². The van der Waals surface area contributed by atoms with Crippen LogP contribution in [0.3, 0.4) is 0 Å². The number of hydrogen-bond acceptors (Lipinski definition) is 7. The van der Waals surface area contributed by atoms with E-state index in [0.717, 1.165) is 0 Å². The van der Waals surface area contributed by atoms with Crippen LogP contribution in [0.2, 0.25) is 0 Å². The first-order valence-corrected chi connectivity index (χ1v) is 10.3. The molecule has 0 atom stereocenters. The Morgan fingerprint density at radius 2 is 1.94 bits per heavy atom. The fourth-order valence-corrected chi connectivity index (χ4v) is 2.80. The van der Waals surface area contributed by atoms with Crippen molar-refractivity contribution in [1.82, 2.24) is 20.1 Å². The third-order valence-electron chi connectivity index (χ3n) is 4.38. The summed E-state index contributed by atoms with van der Waals surface area (Å²) in [5.74, 6) is -0.203. The predicted molar refractivity (Wildman–Crippen MR) is 125 cm³/mol. The monoisotopic (exact) mass is 446 g/mol. The van der Waals surface area contributed by atoms with Crippen molar-refractivity contribution in [2.75, 3.05) is 0 Å². The molecule has 1 aromatic carbocycles. The van der Waals surface area contributed by atoms with Crippen molar-refractivity contribution in [3.63, 3.8) is 0 Å². The number of rotatable bonds is 6. The number of allylic oxidation sites excluding steroid dienone is 1. The molecule has 4 aromatic rings. The van der Waals surface area contributed by atoms with Gasteiger partial charge >= 0.3 is 0 Å². The molecule has 3 heterocycles. The van der Waals surface area contributed by atoms with E-state index in [-0.39, 0.29) is 29.4 Å². The molecule has 0 aliphatic carbocycles. The Morgan fingerprint density at radius 3 is 2.61 bits per heavy atom. The van der Waals surface area contributed by atoms with E-state index in [9.17, 15) is 9.18 Å². The molecule has 0 spiro atoms. The fourth-order valence-electron chi connectivity index (χ4n) is 2.80. The van der Waals surface area contributed by atoms with Crippen LogP contribution in [0.1, 0.15) is 30.9 Å². The van der Waals surface area contributed by atoms with Crippen molar-refractivity contribution in [1.29, 1.82) is 0 Å². The van der Waals surface area contributed by atoms with Gasteiger partial charge in [0.2, 0.25) is 0 Å². The normalized spacial score (nSPS) is 11.6. The van der Waals surface area contributed by atoms with Gasteiger partial charge in [0.05, 0.1) is 29.2 Å². The zero-order valence-electron chi connectivity index (χ0n) is 18.2. The van der Waals surface area contributed by atoms with E-state index in [0.29, 0.717) is 28.2 Å². The van der Waals surface area contributed by atoms with Crippen LogP contribution in [-0.4, -0.2) is 25.8 Å². The average Bonchev–Trinajstić information content (AvgIpc) is 3.39. The van der Waals surface area contributed by atoms with Crippen LogP contribution in [0.15, 0.2) is 87.6 Å². The molecule has 0 aliphatic rings. The predicted octanol–water partition coefficient (Wildman–Crippen LogP) is 3.97. The molecule has 4 rings (SSSR count). The van der Waals surface area contributed by atoms with Crippen LogP contribution in [-0.2, 0) is 6.54 Å². The van der Waals surface area contributed by atoms with Gasteiger partial charge in [-0.25, -0.2) is 9.37 Å². The maximum Gasteiger partial charge on any atom is 0.260 e. The number of benzene rings is 1. The molecular formula is C24H23FN6O2. The molecule has 0 unspecified atom stereocenters. The molecule has 0 radical (unpaired) electrons. The van der Waals surface area contributed by atoms with Crippen LogP contribution < -0.4 is 11.3 Å². The first-order valence-electron chi connectivity index (χ1n) is 10.3. The number of hydrogen-bond donors (Lipinski definition) is 2. The lowest BCUT2D eigenvalue weighted by Gasteiger charge is -2.05. The van der Waals surface area contributed by atoms with E-state index in [2.05, 4.69) is 25.1 Å². The number of H-pyrrole nitrogens is 1. The molecule has 0 saturated heterocycles. The zero-order valence-corrected chi connectivity index (χ0v) is 18.2. The Labute approximate surface area is 189 Å².